The van der Waals surface area contributed by atoms with Gasteiger partial charge in [-0.05, 0) is 54.4 Å². The molecule has 5 heteroatoms. The summed E-state index contributed by atoms with van der Waals surface area (Å²) in [5.41, 5.74) is -5.68. The van der Waals surface area contributed by atoms with Crippen LogP contribution in [0.25, 0.3) is 88.4 Å². The first-order chi connectivity index (χ1) is 32.3. The molecule has 0 saturated heterocycles. The van der Waals surface area contributed by atoms with Crippen LogP contribution in [0.3, 0.4) is 0 Å². The molecule has 0 atom stereocenters. The SMILES string of the molecule is [2H]c1c([2H])c([2H])c(-n2c3c([2H])c([2H])c([2H])c([2H])c3c3c([2H])c([2H])c([2H])c([2H])c32)c(-c2nc([2H])c3oc4c([2H])c([2H])c(-n5c6c([2H])c([2H])c([2H])c([2H])c6c6c([2H])c([2H])c([2H])c([2H])c65)c([2H])c4c3n2)c1[2H]. The first kappa shape index (κ1) is 10.8. The molecular weight excluding hydrogens is 552 g/mol. The van der Waals surface area contributed by atoms with Gasteiger partial charge >= 0.3 is 0 Å². The van der Waals surface area contributed by atoms with E-state index in [0.717, 1.165) is 9.13 Å². The fraction of sp³-hybridized carbons (Fsp3) is 0. The normalized spacial score (nSPS) is 19.5. The molecule has 4 heterocycles. The van der Waals surface area contributed by atoms with Gasteiger partial charge in [-0.1, -0.05) is 84.6 Å². The Kier molecular flexibility index (Phi) is 2.19. The standard InChI is InChI=1S/C40H24N4O/c1-6-16-32-26(11-1)27-12-2-7-17-33(27)43(32)25-21-22-37-31(23-25)39-38(45-37)24-41-40(42-39)30-15-5-10-20-36(30)44-34-18-8-3-13-28(34)29-14-4-9-19-35(29)44/h1-24H/i1D,2D,3D,4D,5D,6D,7D,8D,9D,10D,11D,12D,13D,14D,15D,16D,17D,18D,19D,20D,21D,22D,23D,24D. The second-order valence-electron chi connectivity index (χ2n) is 9.66. The molecule has 0 unspecified atom stereocenters. The molecule has 0 aliphatic heterocycles. The summed E-state index contributed by atoms with van der Waals surface area (Å²) in [5.74, 6) is -0.739. The van der Waals surface area contributed by atoms with Crippen molar-refractivity contribution in [3.8, 4) is 22.8 Å². The molecule has 0 aliphatic rings. The minimum Gasteiger partial charge on any atom is -0.453 e. The predicted molar refractivity (Wildman–Crippen MR) is 183 cm³/mol. The maximum atomic E-state index is 9.67. The van der Waals surface area contributed by atoms with Gasteiger partial charge in [0.2, 0.25) is 0 Å². The van der Waals surface area contributed by atoms with Crippen LogP contribution in [-0.4, -0.2) is 19.1 Å². The number of rotatable bonds is 3. The summed E-state index contributed by atoms with van der Waals surface area (Å²) >= 11 is 0. The van der Waals surface area contributed by atoms with Gasteiger partial charge in [0.1, 0.15) is 11.1 Å². The van der Waals surface area contributed by atoms with Crippen LogP contribution >= 0.6 is 0 Å². The zero-order valence-electron chi connectivity index (χ0n) is 46.2. The summed E-state index contributed by atoms with van der Waals surface area (Å²) in [4.78, 5) is 8.71. The van der Waals surface area contributed by atoms with Crippen LogP contribution in [0.1, 0.15) is 32.9 Å². The van der Waals surface area contributed by atoms with Crippen LogP contribution in [0.4, 0.5) is 0 Å². The zero-order chi connectivity index (χ0) is 50.4. The smallest absolute Gasteiger partial charge is 0.172 e. The van der Waals surface area contributed by atoms with Crippen molar-refractivity contribution >= 4 is 65.7 Å². The van der Waals surface area contributed by atoms with Gasteiger partial charge in [-0.15, -0.1) is 0 Å². The molecule has 45 heavy (non-hydrogen) atoms. The number of hydrogen-bond acceptors (Lipinski definition) is 3. The maximum Gasteiger partial charge on any atom is 0.172 e. The van der Waals surface area contributed by atoms with Crippen molar-refractivity contribution in [1.29, 1.82) is 0 Å². The van der Waals surface area contributed by atoms with Crippen LogP contribution in [-0.2, 0) is 0 Å². The van der Waals surface area contributed by atoms with E-state index in [9.17, 15) is 5.48 Å². The summed E-state index contributed by atoms with van der Waals surface area (Å²) in [5, 5.41) is -2.12. The largest absolute Gasteiger partial charge is 0.453 e. The Balaban J connectivity index is 1.40. The lowest BCUT2D eigenvalue weighted by atomic mass is 10.1. The predicted octanol–water partition coefficient (Wildman–Crippen LogP) is 10.2. The molecule has 10 rings (SSSR count). The number of hydrogen-bond donors (Lipinski definition) is 0. The van der Waals surface area contributed by atoms with Crippen molar-refractivity contribution in [1.82, 2.24) is 19.1 Å². The Hall–Kier alpha value is -6.20. The molecule has 0 amide bonds. The second-order valence-corrected chi connectivity index (χ2v) is 9.66. The third-order valence-corrected chi connectivity index (χ3v) is 7.31. The Bertz CT molecular complexity index is 3980. The van der Waals surface area contributed by atoms with Crippen molar-refractivity contribution in [2.45, 2.75) is 0 Å². The number of aromatic nitrogens is 4. The van der Waals surface area contributed by atoms with Gasteiger partial charge in [0.05, 0.1) is 66.8 Å². The lowest BCUT2D eigenvalue weighted by Crippen LogP contribution is -1.99. The highest BCUT2D eigenvalue weighted by molar-refractivity contribution is 6.11. The van der Waals surface area contributed by atoms with E-state index in [1.807, 2.05) is 0 Å². The number of benzene rings is 6. The van der Waals surface area contributed by atoms with E-state index >= 15 is 0 Å². The van der Waals surface area contributed by atoms with E-state index < -0.39 is 234 Å². The minimum atomic E-state index is -0.923. The van der Waals surface area contributed by atoms with Gasteiger partial charge in [0, 0.05) is 38.2 Å². The Morgan fingerprint density at radius 3 is 1.67 bits per heavy atom. The summed E-state index contributed by atoms with van der Waals surface area (Å²) in [6, 6.07) is -18.6. The number of furan rings is 1. The molecule has 210 valence electrons. The topological polar surface area (TPSA) is 48.8 Å². The van der Waals surface area contributed by atoms with Crippen molar-refractivity contribution in [2.24, 2.45) is 0 Å². The fourth-order valence-corrected chi connectivity index (χ4v) is 5.46. The molecule has 6 aromatic carbocycles. The molecule has 0 saturated carbocycles. The number of fused-ring (bicyclic) bond motifs is 9. The first-order valence-corrected chi connectivity index (χ1v) is 13.1. The van der Waals surface area contributed by atoms with Crippen molar-refractivity contribution < 1.29 is 37.3 Å². The van der Waals surface area contributed by atoms with Crippen LogP contribution < -0.4 is 0 Å². The highest BCUT2D eigenvalue weighted by Gasteiger charge is 2.19. The molecule has 0 bridgehead atoms. The minimum absolute atomic E-state index is 0.394. The van der Waals surface area contributed by atoms with Crippen LogP contribution in [0.5, 0.6) is 0 Å². The van der Waals surface area contributed by atoms with E-state index in [4.69, 9.17) is 31.8 Å². The van der Waals surface area contributed by atoms with Gasteiger partial charge in [-0.3, -0.25) is 0 Å². The number of para-hydroxylation sites is 5. The highest BCUT2D eigenvalue weighted by atomic mass is 16.3. The third kappa shape index (κ3) is 3.43. The van der Waals surface area contributed by atoms with Crippen LogP contribution in [0.15, 0.2) is 150 Å². The molecule has 4 aromatic heterocycles. The van der Waals surface area contributed by atoms with Gasteiger partial charge in [-0.25, -0.2) is 9.97 Å². The van der Waals surface area contributed by atoms with Crippen LogP contribution in [0.2, 0.25) is 0 Å². The van der Waals surface area contributed by atoms with E-state index in [-0.39, 0.29) is 0 Å². The Labute approximate surface area is 290 Å². The average Bonchev–Trinajstić information content (AvgIpc) is 4.00. The van der Waals surface area contributed by atoms with Crippen LogP contribution in [0, 0.1) is 0 Å². The molecule has 10 aromatic rings. The van der Waals surface area contributed by atoms with E-state index in [1.54, 1.807) is 0 Å². The molecule has 0 spiro atoms. The van der Waals surface area contributed by atoms with Crippen molar-refractivity contribution in [3.05, 3.63) is 145 Å². The quantitative estimate of drug-likeness (QED) is 0.203. The first-order valence-electron chi connectivity index (χ1n) is 25.1. The molecule has 0 aliphatic carbocycles. The van der Waals surface area contributed by atoms with Gasteiger partial charge in [-0.2, -0.15) is 0 Å². The molecule has 0 radical (unpaired) electrons. The Morgan fingerprint density at radius 1 is 0.511 bits per heavy atom. The lowest BCUT2D eigenvalue weighted by molar-refractivity contribution is 0.666. The highest BCUT2D eigenvalue weighted by Crippen LogP contribution is 2.38. The summed E-state index contributed by atoms with van der Waals surface area (Å²) < 4.78 is 219. The van der Waals surface area contributed by atoms with Crippen molar-refractivity contribution in [2.75, 3.05) is 0 Å². The summed E-state index contributed by atoms with van der Waals surface area (Å²) in [7, 11) is 0. The maximum absolute atomic E-state index is 9.67. The molecule has 5 nitrogen and oxygen atoms in total. The van der Waals surface area contributed by atoms with E-state index in [0.29, 0.717) is 0 Å². The summed E-state index contributed by atoms with van der Waals surface area (Å²) in [6.07, 6.45) is -0.831. The van der Waals surface area contributed by atoms with E-state index in [2.05, 4.69) is 9.97 Å². The Morgan fingerprint density at radius 2 is 1.04 bits per heavy atom. The van der Waals surface area contributed by atoms with Crippen molar-refractivity contribution in [3.63, 3.8) is 0 Å². The second kappa shape index (κ2) is 9.15. The lowest BCUT2D eigenvalue weighted by Gasteiger charge is -2.12. The fourth-order valence-electron chi connectivity index (χ4n) is 5.46. The average molecular weight is 601 g/mol. The van der Waals surface area contributed by atoms with Gasteiger partial charge in [0.25, 0.3) is 0 Å². The monoisotopic (exact) mass is 600 g/mol. The molecule has 0 fully saturated rings. The molecular formula is C40H24N4O. The van der Waals surface area contributed by atoms with E-state index in [1.165, 1.54) is 0 Å². The zero-order valence-corrected chi connectivity index (χ0v) is 22.2. The molecule has 0 N–H and O–H groups in total. The van der Waals surface area contributed by atoms with Gasteiger partial charge in [0.15, 0.2) is 11.4 Å². The third-order valence-electron chi connectivity index (χ3n) is 7.31. The van der Waals surface area contributed by atoms with Gasteiger partial charge < -0.3 is 13.6 Å². The summed E-state index contributed by atoms with van der Waals surface area (Å²) in [6.45, 7) is 0. The number of nitrogens with zero attached hydrogens (tertiary/aromatic N) is 4.